The summed E-state index contributed by atoms with van der Waals surface area (Å²) in [6.45, 7) is 1.86. The zero-order chi connectivity index (χ0) is 18.7. The molecule has 0 radical (unpaired) electrons. The van der Waals surface area contributed by atoms with Gasteiger partial charge < -0.3 is 10.6 Å². The summed E-state index contributed by atoms with van der Waals surface area (Å²) in [5.74, 6) is -0.358. The molecule has 0 bridgehead atoms. The highest BCUT2D eigenvalue weighted by Gasteiger charge is 2.48. The van der Waals surface area contributed by atoms with E-state index in [0.29, 0.717) is 17.2 Å². The van der Waals surface area contributed by atoms with E-state index in [4.69, 9.17) is 0 Å². The Kier molecular flexibility index (Phi) is 3.58. The van der Waals surface area contributed by atoms with E-state index in [1.165, 1.54) is 6.42 Å². The summed E-state index contributed by atoms with van der Waals surface area (Å²) >= 11 is 0. The first-order chi connectivity index (χ1) is 13.0. The monoisotopic (exact) mass is 368 g/mol. The third kappa shape index (κ3) is 2.63. The number of amides is 4. The SMILES string of the molecule is O=C1CCC(N2C(=O)c3ccc(NC[C@H]4NC[C@@H]5C[C@@H]54)cc3C2=O)C(=O)N1. The predicted molar refractivity (Wildman–Crippen MR) is 95.0 cm³/mol. The highest BCUT2D eigenvalue weighted by Crippen LogP contribution is 2.45. The van der Waals surface area contributed by atoms with Crippen LogP contribution in [0.25, 0.3) is 0 Å². The number of carbonyl (C=O) groups excluding carboxylic acids is 4. The van der Waals surface area contributed by atoms with Crippen molar-refractivity contribution in [3.05, 3.63) is 29.3 Å². The summed E-state index contributed by atoms with van der Waals surface area (Å²) in [6, 6.07) is 4.62. The number of anilines is 1. The minimum absolute atomic E-state index is 0.118. The van der Waals surface area contributed by atoms with Crippen LogP contribution in [0.2, 0.25) is 0 Å². The molecule has 8 heteroatoms. The zero-order valence-corrected chi connectivity index (χ0v) is 14.7. The van der Waals surface area contributed by atoms with E-state index in [2.05, 4.69) is 16.0 Å². The minimum atomic E-state index is -0.930. The average Bonchev–Trinajstić information content (AvgIpc) is 3.26. The second-order valence-electron chi connectivity index (χ2n) is 7.76. The number of nitrogens with zero attached hydrogens (tertiary/aromatic N) is 1. The van der Waals surface area contributed by atoms with E-state index in [1.54, 1.807) is 18.2 Å². The van der Waals surface area contributed by atoms with Gasteiger partial charge in [-0.15, -0.1) is 0 Å². The molecule has 3 N–H and O–H groups in total. The molecule has 140 valence electrons. The number of imide groups is 2. The Balaban J connectivity index is 1.33. The lowest BCUT2D eigenvalue weighted by atomic mass is 10.0. The molecular formula is C19H20N4O4. The fourth-order valence-electron chi connectivity index (χ4n) is 4.48. The van der Waals surface area contributed by atoms with Gasteiger partial charge >= 0.3 is 0 Å². The predicted octanol–water partition coefficient (Wildman–Crippen LogP) is 0.108. The average molecular weight is 368 g/mol. The second kappa shape index (κ2) is 5.88. The number of nitrogens with one attached hydrogen (secondary N) is 3. The van der Waals surface area contributed by atoms with Crippen LogP contribution in [-0.2, 0) is 9.59 Å². The largest absolute Gasteiger partial charge is 0.383 e. The van der Waals surface area contributed by atoms with Crippen molar-refractivity contribution in [2.45, 2.75) is 31.3 Å². The molecule has 4 aliphatic rings. The maximum absolute atomic E-state index is 12.8. The summed E-state index contributed by atoms with van der Waals surface area (Å²) < 4.78 is 0. The number of benzene rings is 1. The van der Waals surface area contributed by atoms with Gasteiger partial charge in [-0.3, -0.25) is 29.4 Å². The van der Waals surface area contributed by atoms with Gasteiger partial charge in [-0.1, -0.05) is 0 Å². The molecule has 3 fully saturated rings. The van der Waals surface area contributed by atoms with Gasteiger partial charge in [0.25, 0.3) is 11.8 Å². The van der Waals surface area contributed by atoms with E-state index in [1.807, 2.05) is 0 Å². The van der Waals surface area contributed by atoms with Gasteiger partial charge in [-0.2, -0.15) is 0 Å². The van der Waals surface area contributed by atoms with Crippen molar-refractivity contribution in [3.8, 4) is 0 Å². The number of hydrogen-bond acceptors (Lipinski definition) is 6. The molecule has 27 heavy (non-hydrogen) atoms. The van der Waals surface area contributed by atoms with Gasteiger partial charge in [0, 0.05) is 24.7 Å². The summed E-state index contributed by atoms with van der Waals surface area (Å²) in [6.07, 6.45) is 1.57. The van der Waals surface area contributed by atoms with Crippen molar-refractivity contribution >= 4 is 29.3 Å². The Hall–Kier alpha value is -2.74. The third-order valence-corrected chi connectivity index (χ3v) is 6.10. The number of fused-ring (bicyclic) bond motifs is 2. The van der Waals surface area contributed by atoms with Crippen LogP contribution in [0.4, 0.5) is 5.69 Å². The molecular weight excluding hydrogens is 348 g/mol. The fraction of sp³-hybridized carbons (Fsp3) is 0.474. The van der Waals surface area contributed by atoms with E-state index in [-0.39, 0.29) is 18.7 Å². The van der Waals surface area contributed by atoms with Crippen LogP contribution in [0.15, 0.2) is 18.2 Å². The van der Waals surface area contributed by atoms with Crippen LogP contribution >= 0.6 is 0 Å². The lowest BCUT2D eigenvalue weighted by Gasteiger charge is -2.27. The lowest BCUT2D eigenvalue weighted by molar-refractivity contribution is -0.136. The van der Waals surface area contributed by atoms with Crippen LogP contribution < -0.4 is 16.0 Å². The lowest BCUT2D eigenvalue weighted by Crippen LogP contribution is -2.54. The van der Waals surface area contributed by atoms with Gasteiger partial charge in [0.1, 0.15) is 6.04 Å². The molecule has 4 amide bonds. The molecule has 1 saturated carbocycles. The highest BCUT2D eigenvalue weighted by atomic mass is 16.2. The Morgan fingerprint density at radius 2 is 1.93 bits per heavy atom. The van der Waals surface area contributed by atoms with Crippen molar-refractivity contribution in [2.24, 2.45) is 11.8 Å². The number of carbonyl (C=O) groups is 4. The molecule has 4 atom stereocenters. The van der Waals surface area contributed by atoms with Crippen molar-refractivity contribution in [2.75, 3.05) is 18.4 Å². The Morgan fingerprint density at radius 3 is 2.63 bits per heavy atom. The maximum atomic E-state index is 12.8. The summed E-state index contributed by atoms with van der Waals surface area (Å²) in [5, 5.41) is 9.04. The molecule has 0 spiro atoms. The zero-order valence-electron chi connectivity index (χ0n) is 14.7. The smallest absolute Gasteiger partial charge is 0.262 e. The fourth-order valence-corrected chi connectivity index (χ4v) is 4.48. The molecule has 0 aromatic heterocycles. The van der Waals surface area contributed by atoms with Gasteiger partial charge in [0.15, 0.2) is 0 Å². The van der Waals surface area contributed by atoms with Gasteiger partial charge in [0.2, 0.25) is 11.8 Å². The van der Waals surface area contributed by atoms with E-state index >= 15 is 0 Å². The molecule has 3 heterocycles. The van der Waals surface area contributed by atoms with Crippen LogP contribution in [0.3, 0.4) is 0 Å². The van der Waals surface area contributed by atoms with Gasteiger partial charge in [0.05, 0.1) is 11.1 Å². The van der Waals surface area contributed by atoms with Crippen LogP contribution in [0.5, 0.6) is 0 Å². The summed E-state index contributed by atoms with van der Waals surface area (Å²) in [7, 11) is 0. The van der Waals surface area contributed by atoms with Gasteiger partial charge in [-0.05, 0) is 49.4 Å². The molecule has 8 nitrogen and oxygen atoms in total. The van der Waals surface area contributed by atoms with Crippen molar-refractivity contribution in [3.63, 3.8) is 0 Å². The quantitative estimate of drug-likeness (QED) is 0.651. The van der Waals surface area contributed by atoms with E-state index < -0.39 is 23.8 Å². The first-order valence-corrected chi connectivity index (χ1v) is 9.36. The highest BCUT2D eigenvalue weighted by molar-refractivity contribution is 6.23. The van der Waals surface area contributed by atoms with Crippen molar-refractivity contribution in [1.82, 2.24) is 15.5 Å². The van der Waals surface area contributed by atoms with Crippen LogP contribution in [-0.4, -0.2) is 53.7 Å². The molecule has 2 saturated heterocycles. The van der Waals surface area contributed by atoms with Crippen molar-refractivity contribution < 1.29 is 19.2 Å². The summed E-state index contributed by atoms with van der Waals surface area (Å²) in [4.78, 5) is 49.9. The minimum Gasteiger partial charge on any atom is -0.383 e. The number of rotatable bonds is 4. The molecule has 1 aromatic rings. The number of hydrogen-bond donors (Lipinski definition) is 3. The number of piperidine rings is 2. The van der Waals surface area contributed by atoms with Gasteiger partial charge in [-0.25, -0.2) is 0 Å². The first-order valence-electron chi connectivity index (χ1n) is 9.36. The Bertz CT molecular complexity index is 882. The molecule has 1 unspecified atom stereocenters. The topological polar surface area (TPSA) is 108 Å². The second-order valence-corrected chi connectivity index (χ2v) is 7.76. The standard InChI is InChI=1S/C19H20N4O4/c24-16-4-3-15(17(25)22-16)23-18(26)11-2-1-10(6-13(11)19(23)27)20-8-14-12-5-9(12)7-21-14/h1-2,6,9,12,14-15,20-21H,3-5,7-8H2,(H,22,24,25)/t9-,12-,14+,15?/m0/s1. The van der Waals surface area contributed by atoms with E-state index in [9.17, 15) is 19.2 Å². The first kappa shape index (κ1) is 16.4. The van der Waals surface area contributed by atoms with Crippen LogP contribution in [0, 0.1) is 11.8 Å². The van der Waals surface area contributed by atoms with Crippen LogP contribution in [0.1, 0.15) is 40.0 Å². The molecule has 1 aliphatic carbocycles. The van der Waals surface area contributed by atoms with Crippen molar-refractivity contribution in [1.29, 1.82) is 0 Å². The Morgan fingerprint density at radius 1 is 1.11 bits per heavy atom. The maximum Gasteiger partial charge on any atom is 0.262 e. The summed E-state index contributed by atoms with van der Waals surface area (Å²) in [5.41, 5.74) is 1.39. The molecule has 5 rings (SSSR count). The molecule has 1 aromatic carbocycles. The Labute approximate surface area is 155 Å². The molecule has 3 aliphatic heterocycles. The third-order valence-electron chi connectivity index (χ3n) is 6.10. The normalized spacial score (nSPS) is 31.6. The van der Waals surface area contributed by atoms with E-state index in [0.717, 1.165) is 35.5 Å².